The summed E-state index contributed by atoms with van der Waals surface area (Å²) in [7, 11) is 0. The molecule has 2 rings (SSSR count). The van der Waals surface area contributed by atoms with Crippen LogP contribution >= 0.6 is 0 Å². The summed E-state index contributed by atoms with van der Waals surface area (Å²) >= 11 is 0. The number of nitro groups is 1. The monoisotopic (exact) mass is 266 g/mol. The molecule has 1 aromatic rings. The first kappa shape index (κ1) is 13.3. The van der Waals surface area contributed by atoms with Gasteiger partial charge in [-0.25, -0.2) is 0 Å². The molecule has 0 aromatic heterocycles. The third-order valence-electron chi connectivity index (χ3n) is 3.07. The standard InChI is InChI=1S/C12H14N2O5/c1-12(4-5-19-7-12)13-11(16)8-2-3-9(14(17)18)10(15)6-8/h2-3,6,15H,4-5,7H2,1H3,(H,13,16)/t12-/m0/s1. The minimum absolute atomic E-state index is 0.177. The number of phenolic OH excluding ortho intramolecular Hbond substituents is 1. The van der Waals surface area contributed by atoms with Crippen LogP contribution in [0, 0.1) is 10.1 Å². The summed E-state index contributed by atoms with van der Waals surface area (Å²) in [6, 6.07) is 3.51. The van der Waals surface area contributed by atoms with Gasteiger partial charge in [0.15, 0.2) is 5.75 Å². The van der Waals surface area contributed by atoms with E-state index < -0.39 is 27.8 Å². The highest BCUT2D eigenvalue weighted by Gasteiger charge is 2.31. The molecule has 19 heavy (non-hydrogen) atoms. The van der Waals surface area contributed by atoms with Gasteiger partial charge in [-0.2, -0.15) is 0 Å². The second-order valence-corrected chi connectivity index (χ2v) is 4.78. The number of carbonyl (C=O) groups is 1. The van der Waals surface area contributed by atoms with Gasteiger partial charge in [0.25, 0.3) is 5.91 Å². The van der Waals surface area contributed by atoms with E-state index in [0.717, 1.165) is 12.1 Å². The first-order valence-corrected chi connectivity index (χ1v) is 5.79. The van der Waals surface area contributed by atoms with Gasteiger partial charge in [-0.1, -0.05) is 0 Å². The highest BCUT2D eigenvalue weighted by molar-refractivity contribution is 5.95. The molecule has 2 N–H and O–H groups in total. The number of benzene rings is 1. The smallest absolute Gasteiger partial charge is 0.310 e. The third kappa shape index (κ3) is 2.82. The van der Waals surface area contributed by atoms with E-state index in [0.29, 0.717) is 19.6 Å². The van der Waals surface area contributed by atoms with Crippen molar-refractivity contribution >= 4 is 11.6 Å². The highest BCUT2D eigenvalue weighted by atomic mass is 16.6. The molecule has 0 radical (unpaired) electrons. The van der Waals surface area contributed by atoms with Crippen molar-refractivity contribution in [2.24, 2.45) is 0 Å². The molecule has 1 saturated heterocycles. The zero-order chi connectivity index (χ0) is 14.0. The van der Waals surface area contributed by atoms with Crippen molar-refractivity contribution in [1.82, 2.24) is 5.32 Å². The predicted molar refractivity (Wildman–Crippen MR) is 66.1 cm³/mol. The number of hydrogen-bond donors (Lipinski definition) is 2. The average molecular weight is 266 g/mol. The van der Waals surface area contributed by atoms with Crippen molar-refractivity contribution in [3.8, 4) is 5.75 Å². The molecule has 0 unspecified atom stereocenters. The largest absolute Gasteiger partial charge is 0.502 e. The summed E-state index contributed by atoms with van der Waals surface area (Å²) in [5.74, 6) is -0.913. The number of ether oxygens (including phenoxy) is 1. The number of nitro benzene ring substituents is 1. The molecular formula is C12H14N2O5. The van der Waals surface area contributed by atoms with E-state index in [9.17, 15) is 20.0 Å². The Morgan fingerprint density at radius 3 is 2.84 bits per heavy atom. The molecule has 102 valence electrons. The van der Waals surface area contributed by atoms with E-state index in [-0.39, 0.29) is 5.56 Å². The van der Waals surface area contributed by atoms with E-state index in [1.54, 1.807) is 0 Å². The zero-order valence-corrected chi connectivity index (χ0v) is 10.4. The van der Waals surface area contributed by atoms with Gasteiger partial charge >= 0.3 is 5.69 Å². The van der Waals surface area contributed by atoms with E-state index in [4.69, 9.17) is 4.74 Å². The summed E-state index contributed by atoms with van der Waals surface area (Å²) in [5, 5.41) is 22.9. The van der Waals surface area contributed by atoms with Crippen LogP contribution in [0.4, 0.5) is 5.69 Å². The highest BCUT2D eigenvalue weighted by Crippen LogP contribution is 2.26. The summed E-state index contributed by atoms with van der Waals surface area (Å²) in [5.41, 5.74) is -0.683. The maximum Gasteiger partial charge on any atom is 0.310 e. The summed E-state index contributed by atoms with van der Waals surface area (Å²) in [6.45, 7) is 2.88. The Hall–Kier alpha value is -2.15. The fourth-order valence-corrected chi connectivity index (χ4v) is 1.93. The van der Waals surface area contributed by atoms with Crippen LogP contribution in [0.15, 0.2) is 18.2 Å². The molecule has 1 heterocycles. The van der Waals surface area contributed by atoms with Crippen LogP contribution in [0.5, 0.6) is 5.75 Å². The fourth-order valence-electron chi connectivity index (χ4n) is 1.93. The normalized spacial score (nSPS) is 22.2. The Bertz CT molecular complexity index is 523. The maximum absolute atomic E-state index is 12.0. The lowest BCUT2D eigenvalue weighted by molar-refractivity contribution is -0.385. The Morgan fingerprint density at radius 2 is 2.32 bits per heavy atom. The Labute approximate surface area is 109 Å². The van der Waals surface area contributed by atoms with Gasteiger partial charge in [-0.05, 0) is 25.5 Å². The molecule has 7 heteroatoms. The molecule has 1 fully saturated rings. The van der Waals surface area contributed by atoms with Gasteiger partial charge in [-0.3, -0.25) is 14.9 Å². The van der Waals surface area contributed by atoms with E-state index >= 15 is 0 Å². The molecule has 0 saturated carbocycles. The first-order chi connectivity index (χ1) is 8.91. The molecule has 0 spiro atoms. The second-order valence-electron chi connectivity index (χ2n) is 4.78. The van der Waals surface area contributed by atoms with Crippen LogP contribution in [0.2, 0.25) is 0 Å². The van der Waals surface area contributed by atoms with Crippen molar-refractivity contribution in [2.45, 2.75) is 18.9 Å². The minimum Gasteiger partial charge on any atom is -0.502 e. The molecule has 7 nitrogen and oxygen atoms in total. The van der Waals surface area contributed by atoms with Crippen LogP contribution in [-0.4, -0.2) is 34.7 Å². The van der Waals surface area contributed by atoms with Gasteiger partial charge in [0.05, 0.1) is 17.1 Å². The van der Waals surface area contributed by atoms with Crippen LogP contribution in [-0.2, 0) is 4.74 Å². The lowest BCUT2D eigenvalue weighted by atomic mass is 10.0. The summed E-state index contributed by atoms with van der Waals surface area (Å²) in [6.07, 6.45) is 0.706. The van der Waals surface area contributed by atoms with E-state index in [2.05, 4.69) is 5.32 Å². The van der Waals surface area contributed by atoms with Crippen molar-refractivity contribution in [1.29, 1.82) is 0 Å². The molecule has 1 atom stereocenters. The fraction of sp³-hybridized carbons (Fsp3) is 0.417. The molecule has 1 aliphatic rings. The van der Waals surface area contributed by atoms with Gasteiger partial charge < -0.3 is 15.2 Å². The van der Waals surface area contributed by atoms with Crippen LogP contribution < -0.4 is 5.32 Å². The third-order valence-corrected chi connectivity index (χ3v) is 3.07. The predicted octanol–water partition coefficient (Wildman–Crippen LogP) is 1.21. The Kier molecular flexibility index (Phi) is 3.39. The molecule has 1 aliphatic heterocycles. The number of hydrogen-bond acceptors (Lipinski definition) is 5. The second kappa shape index (κ2) is 4.85. The molecular weight excluding hydrogens is 252 g/mol. The van der Waals surface area contributed by atoms with E-state index in [1.807, 2.05) is 6.92 Å². The van der Waals surface area contributed by atoms with Crippen molar-refractivity contribution in [3.63, 3.8) is 0 Å². The molecule has 0 bridgehead atoms. The number of aromatic hydroxyl groups is 1. The zero-order valence-electron chi connectivity index (χ0n) is 10.4. The number of amides is 1. The van der Waals surface area contributed by atoms with E-state index in [1.165, 1.54) is 6.07 Å². The number of phenols is 1. The summed E-state index contributed by atoms with van der Waals surface area (Å²) < 4.78 is 5.22. The topological polar surface area (TPSA) is 102 Å². The van der Waals surface area contributed by atoms with Gasteiger partial charge in [0, 0.05) is 18.2 Å². The quantitative estimate of drug-likeness (QED) is 0.632. The first-order valence-electron chi connectivity index (χ1n) is 5.79. The lowest BCUT2D eigenvalue weighted by Crippen LogP contribution is -2.46. The lowest BCUT2D eigenvalue weighted by Gasteiger charge is -2.23. The van der Waals surface area contributed by atoms with Crippen molar-refractivity contribution in [2.75, 3.05) is 13.2 Å². The van der Waals surface area contributed by atoms with Gasteiger partial charge in [0.1, 0.15) is 0 Å². The van der Waals surface area contributed by atoms with Crippen molar-refractivity contribution in [3.05, 3.63) is 33.9 Å². The minimum atomic E-state index is -0.705. The van der Waals surface area contributed by atoms with Crippen LogP contribution in [0.3, 0.4) is 0 Å². The number of carbonyl (C=O) groups excluding carboxylic acids is 1. The van der Waals surface area contributed by atoms with Crippen molar-refractivity contribution < 1.29 is 19.6 Å². The Balaban J connectivity index is 2.16. The van der Waals surface area contributed by atoms with Crippen LogP contribution in [0.25, 0.3) is 0 Å². The Morgan fingerprint density at radius 1 is 1.58 bits per heavy atom. The van der Waals surface area contributed by atoms with Crippen LogP contribution in [0.1, 0.15) is 23.7 Å². The molecule has 1 amide bonds. The number of nitrogens with one attached hydrogen (secondary N) is 1. The van der Waals surface area contributed by atoms with Gasteiger partial charge in [0.2, 0.25) is 0 Å². The molecule has 0 aliphatic carbocycles. The number of nitrogens with zero attached hydrogens (tertiary/aromatic N) is 1. The van der Waals surface area contributed by atoms with Gasteiger partial charge in [-0.15, -0.1) is 0 Å². The average Bonchev–Trinajstić information content (AvgIpc) is 2.75. The molecule has 1 aromatic carbocycles. The SMILES string of the molecule is C[C@]1(NC(=O)c2ccc([N+](=O)[O-])c(O)c2)CCOC1. The summed E-state index contributed by atoms with van der Waals surface area (Å²) in [4.78, 5) is 21.8. The maximum atomic E-state index is 12.0. The number of rotatable bonds is 3.